The first-order chi connectivity index (χ1) is 9.19. The second kappa shape index (κ2) is 6.00. The molecule has 0 aliphatic heterocycles. The van der Waals surface area contributed by atoms with E-state index in [0.717, 1.165) is 11.3 Å². The van der Waals surface area contributed by atoms with E-state index < -0.39 is 0 Å². The van der Waals surface area contributed by atoms with E-state index >= 15 is 0 Å². The maximum absolute atomic E-state index is 12.0. The Hall–Kier alpha value is -2.36. The molecule has 0 bridgehead atoms. The minimum Gasteiger partial charge on any atom is -0.478 e. The summed E-state index contributed by atoms with van der Waals surface area (Å²) >= 11 is 0. The third-order valence-corrected chi connectivity index (χ3v) is 2.60. The van der Waals surface area contributed by atoms with Crippen LogP contribution in [0, 0.1) is 6.92 Å². The van der Waals surface area contributed by atoms with Crippen molar-refractivity contribution in [3.05, 3.63) is 53.7 Å². The molecule has 2 aromatic rings. The molecule has 2 rings (SSSR count). The van der Waals surface area contributed by atoms with E-state index in [1.165, 1.54) is 6.20 Å². The van der Waals surface area contributed by atoms with Gasteiger partial charge in [0.2, 0.25) is 5.88 Å². The van der Waals surface area contributed by atoms with Gasteiger partial charge in [-0.15, -0.1) is 0 Å². The number of carbonyl (C=O) groups excluding carboxylic acids is 1. The summed E-state index contributed by atoms with van der Waals surface area (Å²) in [5.74, 6) is 0.341. The van der Waals surface area contributed by atoms with Crippen molar-refractivity contribution in [2.45, 2.75) is 13.8 Å². The van der Waals surface area contributed by atoms with Gasteiger partial charge in [-0.3, -0.25) is 4.79 Å². The molecule has 4 nitrogen and oxygen atoms in total. The predicted octanol–water partition coefficient (Wildman–Crippen LogP) is 3.04. The molecule has 1 amide bonds. The molecule has 0 atom stereocenters. The Morgan fingerprint density at radius 3 is 2.53 bits per heavy atom. The average Bonchev–Trinajstić information content (AvgIpc) is 2.42. The maximum Gasteiger partial charge on any atom is 0.257 e. The molecule has 4 heteroatoms. The van der Waals surface area contributed by atoms with Gasteiger partial charge in [-0.25, -0.2) is 4.98 Å². The standard InChI is InChI=1S/C15H16N2O2/c1-3-19-14-9-6-12(10-16-14)15(18)17-13-7-4-11(2)5-8-13/h4-10H,3H2,1-2H3,(H,17,18). The summed E-state index contributed by atoms with van der Waals surface area (Å²) in [6.07, 6.45) is 1.51. The van der Waals surface area contributed by atoms with Crippen LogP contribution in [-0.4, -0.2) is 17.5 Å². The second-order valence-electron chi connectivity index (χ2n) is 4.14. The molecule has 0 saturated carbocycles. The van der Waals surface area contributed by atoms with Gasteiger partial charge in [-0.2, -0.15) is 0 Å². The number of nitrogens with one attached hydrogen (secondary N) is 1. The first-order valence-corrected chi connectivity index (χ1v) is 6.16. The predicted molar refractivity (Wildman–Crippen MR) is 74.5 cm³/mol. The van der Waals surface area contributed by atoms with Crippen LogP contribution >= 0.6 is 0 Å². The lowest BCUT2D eigenvalue weighted by Crippen LogP contribution is -2.12. The van der Waals surface area contributed by atoms with E-state index in [2.05, 4.69) is 10.3 Å². The number of pyridine rings is 1. The highest BCUT2D eigenvalue weighted by atomic mass is 16.5. The monoisotopic (exact) mass is 256 g/mol. The quantitative estimate of drug-likeness (QED) is 0.914. The van der Waals surface area contributed by atoms with E-state index in [1.807, 2.05) is 38.1 Å². The van der Waals surface area contributed by atoms with E-state index in [1.54, 1.807) is 12.1 Å². The number of aromatic nitrogens is 1. The fraction of sp³-hybridized carbons (Fsp3) is 0.200. The third-order valence-electron chi connectivity index (χ3n) is 2.60. The molecule has 19 heavy (non-hydrogen) atoms. The molecule has 0 unspecified atom stereocenters. The first kappa shape index (κ1) is 13.1. The fourth-order valence-electron chi connectivity index (χ4n) is 1.59. The zero-order chi connectivity index (χ0) is 13.7. The zero-order valence-corrected chi connectivity index (χ0v) is 11.0. The lowest BCUT2D eigenvalue weighted by Gasteiger charge is -2.06. The fourth-order valence-corrected chi connectivity index (χ4v) is 1.59. The molecule has 98 valence electrons. The number of carbonyl (C=O) groups is 1. The van der Waals surface area contributed by atoms with Gasteiger partial charge in [0.1, 0.15) is 0 Å². The molecule has 1 aromatic heterocycles. The van der Waals surface area contributed by atoms with Gasteiger partial charge in [-0.1, -0.05) is 17.7 Å². The molecule has 1 N–H and O–H groups in total. The highest BCUT2D eigenvalue weighted by molar-refractivity contribution is 6.04. The number of aryl methyl sites for hydroxylation is 1. The van der Waals surface area contributed by atoms with E-state index in [9.17, 15) is 4.79 Å². The number of amides is 1. The van der Waals surface area contributed by atoms with Gasteiger partial charge < -0.3 is 10.1 Å². The summed E-state index contributed by atoms with van der Waals surface area (Å²) in [5, 5.41) is 2.82. The van der Waals surface area contributed by atoms with Crippen molar-refractivity contribution in [2.75, 3.05) is 11.9 Å². The lowest BCUT2D eigenvalue weighted by atomic mass is 10.2. The van der Waals surface area contributed by atoms with Crippen LogP contribution in [0.3, 0.4) is 0 Å². The summed E-state index contributed by atoms with van der Waals surface area (Å²) in [5.41, 5.74) is 2.43. The minimum atomic E-state index is -0.181. The zero-order valence-electron chi connectivity index (χ0n) is 11.0. The number of benzene rings is 1. The number of hydrogen-bond donors (Lipinski definition) is 1. The third kappa shape index (κ3) is 3.55. The van der Waals surface area contributed by atoms with E-state index in [4.69, 9.17) is 4.74 Å². The average molecular weight is 256 g/mol. The Kier molecular flexibility index (Phi) is 4.13. The van der Waals surface area contributed by atoms with Gasteiger partial charge in [0.05, 0.1) is 12.2 Å². The Balaban J connectivity index is 2.05. The van der Waals surface area contributed by atoms with Crippen LogP contribution in [0.5, 0.6) is 5.88 Å². The lowest BCUT2D eigenvalue weighted by molar-refractivity contribution is 0.102. The molecule has 0 radical (unpaired) electrons. The van der Waals surface area contributed by atoms with Crippen LogP contribution < -0.4 is 10.1 Å². The molecule has 1 aromatic carbocycles. The summed E-state index contributed by atoms with van der Waals surface area (Å²) < 4.78 is 5.23. The van der Waals surface area contributed by atoms with Gasteiger partial charge in [0.15, 0.2) is 0 Å². The highest BCUT2D eigenvalue weighted by Crippen LogP contribution is 2.12. The molecule has 0 spiro atoms. The van der Waals surface area contributed by atoms with Crippen molar-refractivity contribution in [3.63, 3.8) is 0 Å². The Labute approximate surface area is 112 Å². The smallest absolute Gasteiger partial charge is 0.257 e. The topological polar surface area (TPSA) is 51.2 Å². The molecule has 0 aliphatic carbocycles. The largest absolute Gasteiger partial charge is 0.478 e. The van der Waals surface area contributed by atoms with Crippen LogP contribution in [-0.2, 0) is 0 Å². The second-order valence-corrected chi connectivity index (χ2v) is 4.14. The van der Waals surface area contributed by atoms with Crippen molar-refractivity contribution in [1.82, 2.24) is 4.98 Å². The summed E-state index contributed by atoms with van der Waals surface area (Å²) in [4.78, 5) is 16.0. The summed E-state index contributed by atoms with van der Waals surface area (Å²) in [7, 11) is 0. The number of hydrogen-bond acceptors (Lipinski definition) is 3. The summed E-state index contributed by atoms with van der Waals surface area (Å²) in [6, 6.07) is 11.0. The van der Waals surface area contributed by atoms with E-state index in [0.29, 0.717) is 18.1 Å². The van der Waals surface area contributed by atoms with Crippen LogP contribution in [0.4, 0.5) is 5.69 Å². The molecular formula is C15H16N2O2. The maximum atomic E-state index is 12.0. The van der Waals surface area contributed by atoms with Crippen molar-refractivity contribution < 1.29 is 9.53 Å². The van der Waals surface area contributed by atoms with Crippen LogP contribution in [0.25, 0.3) is 0 Å². The Morgan fingerprint density at radius 2 is 1.95 bits per heavy atom. The normalized spacial score (nSPS) is 10.0. The van der Waals surface area contributed by atoms with Gasteiger partial charge >= 0.3 is 0 Å². The Morgan fingerprint density at radius 1 is 1.21 bits per heavy atom. The summed E-state index contributed by atoms with van der Waals surface area (Å²) in [6.45, 7) is 4.45. The van der Waals surface area contributed by atoms with Crippen molar-refractivity contribution in [3.8, 4) is 5.88 Å². The van der Waals surface area contributed by atoms with Crippen molar-refractivity contribution in [2.24, 2.45) is 0 Å². The molecule has 0 saturated heterocycles. The number of nitrogens with zero attached hydrogens (tertiary/aromatic N) is 1. The minimum absolute atomic E-state index is 0.181. The van der Waals surface area contributed by atoms with Gasteiger partial charge in [0.25, 0.3) is 5.91 Å². The van der Waals surface area contributed by atoms with Gasteiger partial charge in [0, 0.05) is 18.0 Å². The number of ether oxygens (including phenoxy) is 1. The van der Waals surface area contributed by atoms with Crippen LogP contribution in [0.1, 0.15) is 22.8 Å². The van der Waals surface area contributed by atoms with E-state index in [-0.39, 0.29) is 5.91 Å². The van der Waals surface area contributed by atoms with Crippen LogP contribution in [0.2, 0.25) is 0 Å². The molecular weight excluding hydrogens is 240 g/mol. The SMILES string of the molecule is CCOc1ccc(C(=O)Nc2ccc(C)cc2)cn1. The number of rotatable bonds is 4. The van der Waals surface area contributed by atoms with Gasteiger partial charge in [-0.05, 0) is 32.0 Å². The Bertz CT molecular complexity index is 547. The molecule has 0 fully saturated rings. The molecule has 0 aliphatic rings. The molecule has 1 heterocycles. The highest BCUT2D eigenvalue weighted by Gasteiger charge is 2.06. The number of anilines is 1. The van der Waals surface area contributed by atoms with Crippen molar-refractivity contribution >= 4 is 11.6 Å². The first-order valence-electron chi connectivity index (χ1n) is 6.16. The van der Waals surface area contributed by atoms with Crippen molar-refractivity contribution in [1.29, 1.82) is 0 Å². The van der Waals surface area contributed by atoms with Crippen LogP contribution in [0.15, 0.2) is 42.6 Å².